The number of carbonyl (C=O) groups is 1. The van der Waals surface area contributed by atoms with Crippen LogP contribution in [0.2, 0.25) is 10.0 Å². The van der Waals surface area contributed by atoms with E-state index in [1.165, 1.54) is 0 Å². The molecule has 3 rings (SSSR count). The highest BCUT2D eigenvalue weighted by atomic mass is 35.5. The van der Waals surface area contributed by atoms with E-state index < -0.39 is 15.9 Å². The van der Waals surface area contributed by atoms with Crippen molar-refractivity contribution in [2.24, 2.45) is 0 Å². The normalized spacial score (nSPS) is 11.7. The molecule has 0 aliphatic carbocycles. The number of halogens is 2. The van der Waals surface area contributed by atoms with Crippen LogP contribution in [0.25, 0.3) is 16.6 Å². The maximum absolute atomic E-state index is 12.0. The number of nitrogens with zero attached hydrogens (tertiary/aromatic N) is 1. The molecule has 3 aromatic rings. The summed E-state index contributed by atoms with van der Waals surface area (Å²) in [4.78, 5) is 12.0. The first kappa shape index (κ1) is 17.8. The summed E-state index contributed by atoms with van der Waals surface area (Å²) in [7, 11) is -3.61. The van der Waals surface area contributed by atoms with Gasteiger partial charge in [0.2, 0.25) is 10.0 Å². The second kappa shape index (κ2) is 6.37. The molecule has 1 amide bonds. The molecule has 25 heavy (non-hydrogen) atoms. The molecular formula is C17H14Cl2N2O3S. The number of rotatable bonds is 3. The lowest BCUT2D eigenvalue weighted by molar-refractivity contribution is 0.0982. The Bertz CT molecular complexity index is 1100. The van der Waals surface area contributed by atoms with E-state index in [9.17, 15) is 13.2 Å². The fourth-order valence-electron chi connectivity index (χ4n) is 2.61. The van der Waals surface area contributed by atoms with Crippen molar-refractivity contribution >= 4 is 50.0 Å². The molecule has 0 fully saturated rings. The molecule has 0 aliphatic heterocycles. The molecule has 8 heteroatoms. The molecule has 0 aliphatic rings. The van der Waals surface area contributed by atoms with E-state index in [4.69, 9.17) is 23.2 Å². The summed E-state index contributed by atoms with van der Waals surface area (Å²) < 4.78 is 26.4. The third-order valence-electron chi connectivity index (χ3n) is 3.73. The number of aryl methyl sites for hydroxylation is 1. The SMILES string of the molecule is Cc1cn(-c2ccc(Cl)c(Cl)c2)c2ccc(C(=O)NS(C)(=O)=O)cc12. The van der Waals surface area contributed by atoms with Gasteiger partial charge in [0.05, 0.1) is 21.8 Å². The number of carbonyl (C=O) groups excluding carboxylic acids is 1. The molecular weight excluding hydrogens is 383 g/mol. The van der Waals surface area contributed by atoms with Crippen LogP contribution in [-0.2, 0) is 10.0 Å². The van der Waals surface area contributed by atoms with Gasteiger partial charge in [-0.2, -0.15) is 0 Å². The monoisotopic (exact) mass is 396 g/mol. The molecule has 0 spiro atoms. The van der Waals surface area contributed by atoms with Gasteiger partial charge in [-0.1, -0.05) is 23.2 Å². The van der Waals surface area contributed by atoms with Gasteiger partial charge < -0.3 is 4.57 Å². The first-order valence-corrected chi connectivity index (χ1v) is 9.90. The van der Waals surface area contributed by atoms with Crippen LogP contribution >= 0.6 is 23.2 Å². The predicted octanol–water partition coefficient (Wildman–Crippen LogP) is 3.94. The van der Waals surface area contributed by atoms with Gasteiger partial charge in [-0.3, -0.25) is 4.79 Å². The maximum Gasteiger partial charge on any atom is 0.264 e. The van der Waals surface area contributed by atoms with E-state index in [1.54, 1.807) is 30.3 Å². The molecule has 0 radical (unpaired) electrons. The molecule has 1 N–H and O–H groups in total. The van der Waals surface area contributed by atoms with Gasteiger partial charge in [-0.25, -0.2) is 13.1 Å². The van der Waals surface area contributed by atoms with Crippen molar-refractivity contribution in [3.63, 3.8) is 0 Å². The molecule has 1 heterocycles. The second-order valence-electron chi connectivity index (χ2n) is 5.72. The van der Waals surface area contributed by atoms with Crippen LogP contribution in [0.5, 0.6) is 0 Å². The predicted molar refractivity (Wildman–Crippen MR) is 100 cm³/mol. The van der Waals surface area contributed by atoms with Crippen molar-refractivity contribution < 1.29 is 13.2 Å². The number of nitrogens with one attached hydrogen (secondary N) is 1. The van der Waals surface area contributed by atoms with E-state index >= 15 is 0 Å². The first-order valence-electron chi connectivity index (χ1n) is 7.25. The van der Waals surface area contributed by atoms with Crippen molar-refractivity contribution in [2.75, 3.05) is 6.26 Å². The lowest BCUT2D eigenvalue weighted by Gasteiger charge is -2.08. The zero-order valence-corrected chi connectivity index (χ0v) is 15.7. The Labute approximate surface area is 155 Å². The Morgan fingerprint density at radius 3 is 2.44 bits per heavy atom. The number of hydrogen-bond acceptors (Lipinski definition) is 3. The molecule has 0 unspecified atom stereocenters. The molecule has 1 aromatic heterocycles. The van der Waals surface area contributed by atoms with Crippen LogP contribution in [0, 0.1) is 6.92 Å². The smallest absolute Gasteiger partial charge is 0.264 e. The van der Waals surface area contributed by atoms with Crippen LogP contribution in [0.1, 0.15) is 15.9 Å². The topological polar surface area (TPSA) is 68.2 Å². The van der Waals surface area contributed by atoms with E-state index in [-0.39, 0.29) is 5.56 Å². The Hall–Kier alpha value is -2.02. The van der Waals surface area contributed by atoms with Crippen molar-refractivity contribution in [1.82, 2.24) is 9.29 Å². The molecule has 0 atom stereocenters. The average molecular weight is 397 g/mol. The molecule has 130 valence electrons. The van der Waals surface area contributed by atoms with Gasteiger partial charge >= 0.3 is 0 Å². The van der Waals surface area contributed by atoms with Crippen LogP contribution in [0.4, 0.5) is 0 Å². The van der Waals surface area contributed by atoms with Gasteiger partial charge in [-0.15, -0.1) is 0 Å². The zero-order valence-electron chi connectivity index (χ0n) is 13.4. The van der Waals surface area contributed by atoms with Crippen LogP contribution in [0.3, 0.4) is 0 Å². The van der Waals surface area contributed by atoms with Gasteiger partial charge in [-0.05, 0) is 48.9 Å². The summed E-state index contributed by atoms with van der Waals surface area (Å²) >= 11 is 12.1. The molecule has 0 saturated heterocycles. The summed E-state index contributed by atoms with van der Waals surface area (Å²) in [6.45, 7) is 1.91. The van der Waals surface area contributed by atoms with Crippen molar-refractivity contribution in [3.05, 3.63) is 63.8 Å². The fraction of sp³-hybridized carbons (Fsp3) is 0.118. The summed E-state index contributed by atoms with van der Waals surface area (Å²) in [6, 6.07) is 10.3. The largest absolute Gasteiger partial charge is 0.316 e. The quantitative estimate of drug-likeness (QED) is 0.728. The lowest BCUT2D eigenvalue weighted by atomic mass is 10.1. The summed E-state index contributed by atoms with van der Waals surface area (Å²) in [5.74, 6) is -0.661. The Morgan fingerprint density at radius 1 is 1.08 bits per heavy atom. The van der Waals surface area contributed by atoms with Crippen LogP contribution in [-0.4, -0.2) is 25.1 Å². The highest BCUT2D eigenvalue weighted by Crippen LogP contribution is 2.29. The second-order valence-corrected chi connectivity index (χ2v) is 8.28. The summed E-state index contributed by atoms with van der Waals surface area (Å²) in [5, 5.41) is 1.76. The minimum atomic E-state index is -3.61. The van der Waals surface area contributed by atoms with Gasteiger partial charge in [0.15, 0.2) is 0 Å². The minimum Gasteiger partial charge on any atom is -0.316 e. The summed E-state index contributed by atoms with van der Waals surface area (Å²) in [6.07, 6.45) is 2.86. The Kier molecular flexibility index (Phi) is 4.53. The number of benzene rings is 2. The van der Waals surface area contributed by atoms with Gasteiger partial charge in [0, 0.05) is 22.8 Å². The number of hydrogen-bond donors (Lipinski definition) is 1. The number of amides is 1. The third kappa shape index (κ3) is 3.66. The lowest BCUT2D eigenvalue weighted by Crippen LogP contribution is -2.29. The van der Waals surface area contributed by atoms with Gasteiger partial charge in [0.25, 0.3) is 5.91 Å². The Balaban J connectivity index is 2.10. The number of fused-ring (bicyclic) bond motifs is 1. The van der Waals surface area contributed by atoms with Gasteiger partial charge in [0.1, 0.15) is 0 Å². The standard InChI is InChI=1S/C17H14Cl2N2O3S/c1-10-9-21(12-4-5-14(18)15(19)8-12)16-6-3-11(7-13(10)16)17(22)20-25(2,23)24/h3-9H,1-2H3,(H,20,22). The fourth-order valence-corrected chi connectivity index (χ4v) is 3.36. The Morgan fingerprint density at radius 2 is 1.80 bits per heavy atom. The van der Waals surface area contributed by atoms with Crippen LogP contribution in [0.15, 0.2) is 42.6 Å². The number of sulfonamides is 1. The molecule has 0 saturated carbocycles. The van der Waals surface area contributed by atoms with Crippen LogP contribution < -0.4 is 4.72 Å². The zero-order chi connectivity index (χ0) is 18.4. The highest BCUT2D eigenvalue weighted by molar-refractivity contribution is 7.89. The molecule has 0 bridgehead atoms. The summed E-state index contributed by atoms with van der Waals surface area (Å²) in [5.41, 5.74) is 2.91. The average Bonchev–Trinajstić information content (AvgIpc) is 2.85. The van der Waals surface area contributed by atoms with E-state index in [1.807, 2.05) is 28.5 Å². The van der Waals surface area contributed by atoms with Crippen molar-refractivity contribution in [2.45, 2.75) is 6.92 Å². The van der Waals surface area contributed by atoms with E-state index in [0.717, 1.165) is 28.4 Å². The van der Waals surface area contributed by atoms with Crippen molar-refractivity contribution in [3.8, 4) is 5.69 Å². The number of aromatic nitrogens is 1. The maximum atomic E-state index is 12.0. The molecule has 5 nitrogen and oxygen atoms in total. The minimum absolute atomic E-state index is 0.271. The van der Waals surface area contributed by atoms with E-state index in [0.29, 0.717) is 10.0 Å². The highest BCUT2D eigenvalue weighted by Gasteiger charge is 2.14. The van der Waals surface area contributed by atoms with Crippen molar-refractivity contribution in [1.29, 1.82) is 0 Å². The first-order chi connectivity index (χ1) is 11.7. The third-order valence-corrected chi connectivity index (χ3v) is 5.02. The molecule has 2 aromatic carbocycles. The van der Waals surface area contributed by atoms with E-state index in [2.05, 4.69) is 0 Å².